The Hall–Kier alpha value is -2.53. The molecule has 0 spiro atoms. The van der Waals surface area contributed by atoms with Gasteiger partial charge in [-0.25, -0.2) is 4.98 Å². The van der Waals surface area contributed by atoms with E-state index in [2.05, 4.69) is 10.3 Å². The van der Waals surface area contributed by atoms with Gasteiger partial charge < -0.3 is 14.5 Å². The lowest BCUT2D eigenvalue weighted by Crippen LogP contribution is -2.28. The van der Waals surface area contributed by atoms with Crippen molar-refractivity contribution in [3.8, 4) is 5.75 Å². The molecule has 0 aliphatic heterocycles. The Bertz CT molecular complexity index is 783. The van der Waals surface area contributed by atoms with Crippen molar-refractivity contribution in [2.45, 2.75) is 6.54 Å². The largest absolute Gasteiger partial charge is 0.484 e. The maximum atomic E-state index is 11.8. The van der Waals surface area contributed by atoms with Crippen LogP contribution in [-0.4, -0.2) is 17.5 Å². The Morgan fingerprint density at radius 2 is 2.05 bits per heavy atom. The van der Waals surface area contributed by atoms with Crippen molar-refractivity contribution in [2.24, 2.45) is 0 Å². The molecular formula is C16H13ClN2O3. The number of carbonyl (C=O) groups excluding carboxylic acids is 1. The molecular weight excluding hydrogens is 304 g/mol. The molecule has 0 saturated heterocycles. The van der Waals surface area contributed by atoms with Gasteiger partial charge in [0, 0.05) is 11.6 Å². The minimum atomic E-state index is -0.201. The standard InChI is InChI=1S/C16H13ClN2O3/c17-12-2-4-13(5-3-12)21-9-16(20)18-8-11-1-6-14-15(7-11)22-10-19-14/h1-7,10H,8-9H2,(H,18,20). The van der Waals surface area contributed by atoms with Crippen LogP contribution in [0.4, 0.5) is 0 Å². The van der Waals surface area contributed by atoms with Crippen LogP contribution in [0.5, 0.6) is 5.75 Å². The van der Waals surface area contributed by atoms with Crippen LogP contribution in [0, 0.1) is 0 Å². The summed E-state index contributed by atoms with van der Waals surface area (Å²) in [6.45, 7) is 0.353. The Morgan fingerprint density at radius 3 is 2.86 bits per heavy atom. The number of fused-ring (bicyclic) bond motifs is 1. The molecule has 2 aromatic carbocycles. The molecule has 3 rings (SSSR count). The molecule has 0 bridgehead atoms. The van der Waals surface area contributed by atoms with Gasteiger partial charge in [-0.3, -0.25) is 4.79 Å². The lowest BCUT2D eigenvalue weighted by Gasteiger charge is -2.07. The number of oxazole rings is 1. The van der Waals surface area contributed by atoms with Crippen molar-refractivity contribution in [3.63, 3.8) is 0 Å². The molecule has 0 saturated carbocycles. The first-order valence-corrected chi connectivity index (χ1v) is 7.06. The monoisotopic (exact) mass is 316 g/mol. The van der Waals surface area contributed by atoms with Gasteiger partial charge in [0.25, 0.3) is 5.91 Å². The van der Waals surface area contributed by atoms with Gasteiger partial charge >= 0.3 is 0 Å². The highest BCUT2D eigenvalue weighted by Crippen LogP contribution is 2.15. The van der Waals surface area contributed by atoms with Crippen molar-refractivity contribution in [2.75, 3.05) is 6.61 Å². The van der Waals surface area contributed by atoms with Gasteiger partial charge in [0.1, 0.15) is 11.3 Å². The molecule has 0 unspecified atom stereocenters. The van der Waals surface area contributed by atoms with E-state index in [1.54, 1.807) is 24.3 Å². The number of rotatable bonds is 5. The summed E-state index contributed by atoms with van der Waals surface area (Å²) < 4.78 is 10.6. The van der Waals surface area contributed by atoms with E-state index >= 15 is 0 Å². The van der Waals surface area contributed by atoms with Gasteiger partial charge in [0.05, 0.1) is 0 Å². The zero-order valence-corrected chi connectivity index (χ0v) is 12.3. The highest BCUT2D eigenvalue weighted by molar-refractivity contribution is 6.30. The summed E-state index contributed by atoms with van der Waals surface area (Å²) in [5.41, 5.74) is 2.43. The number of nitrogens with one attached hydrogen (secondary N) is 1. The normalized spacial score (nSPS) is 10.6. The van der Waals surface area contributed by atoms with E-state index in [4.69, 9.17) is 20.8 Å². The predicted octanol–water partition coefficient (Wildman–Crippen LogP) is 3.18. The van der Waals surface area contributed by atoms with Crippen molar-refractivity contribution in [1.29, 1.82) is 0 Å². The molecule has 6 heteroatoms. The van der Waals surface area contributed by atoms with Gasteiger partial charge in [-0.2, -0.15) is 0 Å². The predicted molar refractivity (Wildman–Crippen MR) is 82.8 cm³/mol. The lowest BCUT2D eigenvalue weighted by atomic mass is 10.2. The van der Waals surface area contributed by atoms with E-state index in [0.29, 0.717) is 22.9 Å². The van der Waals surface area contributed by atoms with Crippen LogP contribution < -0.4 is 10.1 Å². The van der Waals surface area contributed by atoms with Crippen LogP contribution in [0.15, 0.2) is 53.3 Å². The van der Waals surface area contributed by atoms with Crippen molar-refractivity contribution >= 4 is 28.6 Å². The van der Waals surface area contributed by atoms with E-state index < -0.39 is 0 Å². The average Bonchev–Trinajstić information content (AvgIpc) is 3.00. The molecule has 1 heterocycles. The summed E-state index contributed by atoms with van der Waals surface area (Å²) in [5.74, 6) is 0.398. The number of benzene rings is 2. The van der Waals surface area contributed by atoms with E-state index in [0.717, 1.165) is 11.1 Å². The number of nitrogens with zero attached hydrogens (tertiary/aromatic N) is 1. The SMILES string of the molecule is O=C(COc1ccc(Cl)cc1)NCc1ccc2ncoc2c1. The van der Waals surface area contributed by atoms with E-state index in [1.807, 2.05) is 18.2 Å². The highest BCUT2D eigenvalue weighted by Gasteiger charge is 2.05. The Kier molecular flexibility index (Phi) is 4.25. The molecule has 0 radical (unpaired) electrons. The summed E-state index contributed by atoms with van der Waals surface area (Å²) in [7, 11) is 0. The topological polar surface area (TPSA) is 64.4 Å². The number of hydrogen-bond acceptors (Lipinski definition) is 4. The van der Waals surface area contributed by atoms with Crippen molar-refractivity contribution < 1.29 is 13.9 Å². The zero-order valence-electron chi connectivity index (χ0n) is 11.6. The highest BCUT2D eigenvalue weighted by atomic mass is 35.5. The number of carbonyl (C=O) groups is 1. The third-order valence-corrected chi connectivity index (χ3v) is 3.32. The van der Waals surface area contributed by atoms with Crippen molar-refractivity contribution in [1.82, 2.24) is 10.3 Å². The summed E-state index contributed by atoms with van der Waals surface area (Å²) in [6, 6.07) is 12.4. The quantitative estimate of drug-likeness (QED) is 0.785. The smallest absolute Gasteiger partial charge is 0.258 e. The molecule has 0 fully saturated rings. The Labute approximate surface area is 131 Å². The van der Waals surface area contributed by atoms with Gasteiger partial charge in [-0.05, 0) is 42.0 Å². The molecule has 112 valence electrons. The zero-order chi connectivity index (χ0) is 15.4. The number of ether oxygens (including phenoxy) is 1. The number of aromatic nitrogens is 1. The average molecular weight is 317 g/mol. The van der Waals surface area contributed by atoms with E-state index in [-0.39, 0.29) is 12.5 Å². The number of hydrogen-bond donors (Lipinski definition) is 1. The third kappa shape index (κ3) is 3.56. The van der Waals surface area contributed by atoms with Crippen molar-refractivity contribution in [3.05, 3.63) is 59.4 Å². The fourth-order valence-electron chi connectivity index (χ4n) is 1.94. The molecule has 3 aromatic rings. The molecule has 0 atom stereocenters. The van der Waals surface area contributed by atoms with Gasteiger partial charge in [0.15, 0.2) is 18.6 Å². The van der Waals surface area contributed by atoms with Crippen LogP contribution in [0.3, 0.4) is 0 Å². The number of amides is 1. The minimum Gasteiger partial charge on any atom is -0.484 e. The van der Waals surface area contributed by atoms with Gasteiger partial charge in [-0.1, -0.05) is 17.7 Å². The van der Waals surface area contributed by atoms with Crippen LogP contribution in [-0.2, 0) is 11.3 Å². The van der Waals surface area contributed by atoms with Crippen LogP contribution in [0.1, 0.15) is 5.56 Å². The second-order valence-corrected chi connectivity index (χ2v) is 5.11. The molecule has 22 heavy (non-hydrogen) atoms. The Morgan fingerprint density at radius 1 is 1.23 bits per heavy atom. The first-order chi connectivity index (χ1) is 10.7. The summed E-state index contributed by atoms with van der Waals surface area (Å²) in [4.78, 5) is 15.8. The number of halogens is 1. The second kappa shape index (κ2) is 6.49. The third-order valence-electron chi connectivity index (χ3n) is 3.07. The fourth-order valence-corrected chi connectivity index (χ4v) is 2.07. The summed E-state index contributed by atoms with van der Waals surface area (Å²) in [6.07, 6.45) is 1.40. The summed E-state index contributed by atoms with van der Waals surface area (Å²) in [5, 5.41) is 3.41. The van der Waals surface area contributed by atoms with E-state index in [1.165, 1.54) is 6.39 Å². The van der Waals surface area contributed by atoms with Gasteiger partial charge in [-0.15, -0.1) is 0 Å². The molecule has 1 aromatic heterocycles. The van der Waals surface area contributed by atoms with Crippen LogP contribution in [0.2, 0.25) is 5.02 Å². The first kappa shape index (κ1) is 14.4. The fraction of sp³-hybridized carbons (Fsp3) is 0.125. The molecule has 0 aliphatic carbocycles. The maximum Gasteiger partial charge on any atom is 0.258 e. The molecule has 5 nitrogen and oxygen atoms in total. The lowest BCUT2D eigenvalue weighted by molar-refractivity contribution is -0.123. The molecule has 0 aliphatic rings. The van der Waals surface area contributed by atoms with Crippen LogP contribution >= 0.6 is 11.6 Å². The minimum absolute atomic E-state index is 0.0494. The maximum absolute atomic E-state index is 11.8. The van der Waals surface area contributed by atoms with E-state index in [9.17, 15) is 4.79 Å². The molecule has 1 amide bonds. The first-order valence-electron chi connectivity index (χ1n) is 6.68. The van der Waals surface area contributed by atoms with Gasteiger partial charge in [0.2, 0.25) is 0 Å². The van der Waals surface area contributed by atoms with Crippen LogP contribution in [0.25, 0.3) is 11.1 Å². The Balaban J connectivity index is 1.50. The summed E-state index contributed by atoms with van der Waals surface area (Å²) >= 11 is 5.78. The molecule has 1 N–H and O–H groups in total. The second-order valence-electron chi connectivity index (χ2n) is 4.67.